The molecule has 2 amide bonds. The molecule has 5 nitrogen and oxygen atoms in total. The Kier molecular flexibility index (Phi) is 6.85. The highest BCUT2D eigenvalue weighted by atomic mass is 16.7. The Morgan fingerprint density at radius 1 is 1.05 bits per heavy atom. The molecule has 21 heavy (non-hydrogen) atoms. The van der Waals surface area contributed by atoms with Crippen LogP contribution in [0.5, 0.6) is 0 Å². The van der Waals surface area contributed by atoms with Gasteiger partial charge in [-0.1, -0.05) is 46.0 Å². The number of hydrogen-bond donors (Lipinski definition) is 0. The van der Waals surface area contributed by atoms with Crippen molar-refractivity contribution < 1.29 is 19.2 Å². The monoisotopic (exact) mass is 297 g/mol. The minimum Gasteiger partial charge on any atom is -0.330 e. The summed E-state index contributed by atoms with van der Waals surface area (Å²) < 4.78 is 0. The Morgan fingerprint density at radius 2 is 1.57 bits per heavy atom. The van der Waals surface area contributed by atoms with Gasteiger partial charge in [-0.15, -0.1) is 5.06 Å². The van der Waals surface area contributed by atoms with Crippen LogP contribution in [0.4, 0.5) is 0 Å². The van der Waals surface area contributed by atoms with Crippen LogP contribution in [0.15, 0.2) is 0 Å². The van der Waals surface area contributed by atoms with Crippen molar-refractivity contribution in [1.29, 1.82) is 0 Å². The summed E-state index contributed by atoms with van der Waals surface area (Å²) in [7, 11) is 0. The van der Waals surface area contributed by atoms with Crippen LogP contribution in [0.1, 0.15) is 78.6 Å². The zero-order valence-electron chi connectivity index (χ0n) is 13.4. The molecule has 1 aliphatic rings. The molecule has 1 atom stereocenters. The average molecular weight is 297 g/mol. The van der Waals surface area contributed by atoms with E-state index in [2.05, 4.69) is 13.8 Å². The Hall–Kier alpha value is -1.39. The lowest BCUT2D eigenvalue weighted by Gasteiger charge is -2.28. The van der Waals surface area contributed by atoms with Gasteiger partial charge in [-0.3, -0.25) is 9.59 Å². The maximum absolute atomic E-state index is 12.4. The normalized spacial score (nSPS) is 18.0. The molecule has 1 rings (SSSR count). The van der Waals surface area contributed by atoms with Gasteiger partial charge in [0.1, 0.15) is 0 Å². The number of rotatable bonds is 9. The van der Waals surface area contributed by atoms with Gasteiger partial charge in [0, 0.05) is 12.8 Å². The third-order valence-electron chi connectivity index (χ3n) is 4.09. The maximum atomic E-state index is 12.4. The minimum atomic E-state index is -0.617. The molecule has 0 saturated carbocycles. The molecule has 0 aromatic rings. The van der Waals surface area contributed by atoms with E-state index in [0.717, 1.165) is 44.9 Å². The van der Waals surface area contributed by atoms with E-state index in [1.165, 1.54) is 0 Å². The second-order valence-corrected chi connectivity index (χ2v) is 6.08. The van der Waals surface area contributed by atoms with Gasteiger partial charge in [0.2, 0.25) is 0 Å². The van der Waals surface area contributed by atoms with Crippen LogP contribution in [0, 0.1) is 5.41 Å². The predicted molar refractivity (Wildman–Crippen MR) is 79.0 cm³/mol. The van der Waals surface area contributed by atoms with Gasteiger partial charge < -0.3 is 4.84 Å². The molecule has 120 valence electrons. The van der Waals surface area contributed by atoms with Crippen LogP contribution in [0.25, 0.3) is 0 Å². The number of carbonyl (C=O) groups excluding carboxylic acids is 3. The van der Waals surface area contributed by atoms with Gasteiger partial charge in [-0.25, -0.2) is 4.79 Å². The van der Waals surface area contributed by atoms with Crippen molar-refractivity contribution in [2.24, 2.45) is 5.41 Å². The quantitative estimate of drug-likeness (QED) is 0.483. The largest absolute Gasteiger partial charge is 0.338 e. The molecule has 0 bridgehead atoms. The molecule has 0 N–H and O–H groups in total. The molecular weight excluding hydrogens is 270 g/mol. The summed E-state index contributed by atoms with van der Waals surface area (Å²) >= 11 is 0. The van der Waals surface area contributed by atoms with Crippen molar-refractivity contribution in [3.05, 3.63) is 0 Å². The van der Waals surface area contributed by atoms with Crippen molar-refractivity contribution in [3.63, 3.8) is 0 Å². The molecular formula is C16H27NO4. The third kappa shape index (κ3) is 4.83. The fraction of sp³-hybridized carbons (Fsp3) is 0.812. The predicted octanol–water partition coefficient (Wildman–Crippen LogP) is 3.37. The van der Waals surface area contributed by atoms with E-state index in [0.29, 0.717) is 5.06 Å². The standard InChI is InChI=1S/C16H27NO4/c1-4-6-8-12-16(3,11-7-5-2)15(20)21-17-13(18)9-10-14(17)19/h4-12H2,1-3H3. The summed E-state index contributed by atoms with van der Waals surface area (Å²) in [5, 5.41) is 0.659. The molecule has 0 aromatic heterocycles. The van der Waals surface area contributed by atoms with E-state index in [1.807, 2.05) is 6.92 Å². The molecule has 0 aliphatic carbocycles. The van der Waals surface area contributed by atoms with Crippen LogP contribution in [-0.4, -0.2) is 22.8 Å². The first kappa shape index (κ1) is 17.7. The third-order valence-corrected chi connectivity index (χ3v) is 4.09. The minimum absolute atomic E-state index is 0.133. The van der Waals surface area contributed by atoms with Gasteiger partial charge in [-0.2, -0.15) is 0 Å². The summed E-state index contributed by atoms with van der Waals surface area (Å²) in [4.78, 5) is 40.7. The molecule has 5 heteroatoms. The second kappa shape index (κ2) is 8.15. The smallest absolute Gasteiger partial charge is 0.330 e. The molecule has 0 aromatic carbocycles. The van der Waals surface area contributed by atoms with Gasteiger partial charge in [0.05, 0.1) is 5.41 Å². The van der Waals surface area contributed by atoms with Gasteiger partial charge in [0.25, 0.3) is 11.8 Å². The molecule has 1 saturated heterocycles. The second-order valence-electron chi connectivity index (χ2n) is 6.08. The van der Waals surface area contributed by atoms with Crippen LogP contribution < -0.4 is 0 Å². The number of nitrogens with zero attached hydrogens (tertiary/aromatic N) is 1. The van der Waals surface area contributed by atoms with E-state index >= 15 is 0 Å². The van der Waals surface area contributed by atoms with E-state index in [4.69, 9.17) is 4.84 Å². The van der Waals surface area contributed by atoms with E-state index < -0.39 is 23.2 Å². The summed E-state index contributed by atoms with van der Waals surface area (Å²) in [6.45, 7) is 6.07. The topological polar surface area (TPSA) is 63.7 Å². The summed E-state index contributed by atoms with van der Waals surface area (Å²) in [5.74, 6) is -1.28. The van der Waals surface area contributed by atoms with Crippen LogP contribution in [0.2, 0.25) is 0 Å². The first-order valence-corrected chi connectivity index (χ1v) is 8.02. The number of carbonyl (C=O) groups is 3. The van der Waals surface area contributed by atoms with Gasteiger partial charge in [0.15, 0.2) is 0 Å². The van der Waals surface area contributed by atoms with Crippen molar-refractivity contribution in [3.8, 4) is 0 Å². The zero-order valence-corrected chi connectivity index (χ0v) is 13.4. The SMILES string of the molecule is CCCCCC(C)(CCCC)C(=O)ON1C(=O)CCC1=O. The highest BCUT2D eigenvalue weighted by molar-refractivity contribution is 6.01. The highest BCUT2D eigenvalue weighted by Crippen LogP contribution is 2.33. The first-order chi connectivity index (χ1) is 9.94. The average Bonchev–Trinajstić information content (AvgIpc) is 2.77. The van der Waals surface area contributed by atoms with Crippen LogP contribution in [0.3, 0.4) is 0 Å². The van der Waals surface area contributed by atoms with Gasteiger partial charge >= 0.3 is 5.97 Å². The lowest BCUT2D eigenvalue weighted by molar-refractivity contribution is -0.205. The fourth-order valence-electron chi connectivity index (χ4n) is 2.51. The van der Waals surface area contributed by atoms with Crippen LogP contribution in [-0.2, 0) is 19.2 Å². The van der Waals surface area contributed by atoms with Crippen molar-refractivity contribution in [2.45, 2.75) is 78.6 Å². The number of unbranched alkanes of at least 4 members (excludes halogenated alkanes) is 3. The number of hydroxylamine groups is 2. The zero-order chi connectivity index (χ0) is 15.9. The summed E-state index contributed by atoms with van der Waals surface area (Å²) in [5.41, 5.74) is -0.617. The van der Waals surface area contributed by atoms with E-state index in [9.17, 15) is 14.4 Å². The fourth-order valence-corrected chi connectivity index (χ4v) is 2.51. The molecule has 1 unspecified atom stereocenters. The highest BCUT2D eigenvalue weighted by Gasteiger charge is 2.39. The number of hydrogen-bond acceptors (Lipinski definition) is 4. The Morgan fingerprint density at radius 3 is 2.10 bits per heavy atom. The van der Waals surface area contributed by atoms with Crippen molar-refractivity contribution in [2.75, 3.05) is 0 Å². The first-order valence-electron chi connectivity index (χ1n) is 8.02. The molecule has 0 radical (unpaired) electrons. The Balaban J connectivity index is 2.69. The van der Waals surface area contributed by atoms with Crippen molar-refractivity contribution >= 4 is 17.8 Å². The lowest BCUT2D eigenvalue weighted by atomic mass is 9.80. The van der Waals surface area contributed by atoms with Gasteiger partial charge in [-0.05, 0) is 19.8 Å². The maximum Gasteiger partial charge on any atom is 0.338 e. The number of amides is 2. The van der Waals surface area contributed by atoms with E-state index in [1.54, 1.807) is 0 Å². The molecule has 1 aliphatic heterocycles. The van der Waals surface area contributed by atoms with E-state index in [-0.39, 0.29) is 12.8 Å². The van der Waals surface area contributed by atoms with Crippen molar-refractivity contribution in [1.82, 2.24) is 5.06 Å². The Bertz CT molecular complexity index is 378. The lowest BCUT2D eigenvalue weighted by Crippen LogP contribution is -2.39. The molecule has 1 fully saturated rings. The van der Waals surface area contributed by atoms with Crippen LogP contribution >= 0.6 is 0 Å². The summed E-state index contributed by atoms with van der Waals surface area (Å²) in [6, 6.07) is 0. The summed E-state index contributed by atoms with van der Waals surface area (Å²) in [6.07, 6.45) is 6.75. The Labute approximate surface area is 127 Å². The number of imide groups is 1. The molecule has 1 heterocycles. The molecule has 0 spiro atoms.